The molecular weight excluding hydrogens is 190 g/mol. The molecule has 0 saturated heterocycles. The lowest BCUT2D eigenvalue weighted by molar-refractivity contribution is 0.397. The summed E-state index contributed by atoms with van der Waals surface area (Å²) >= 11 is 0. The van der Waals surface area contributed by atoms with E-state index in [0.29, 0.717) is 17.1 Å². The molecule has 0 spiro atoms. The largest absolute Gasteiger partial charge is 0.481 e. The molecule has 3 N–H and O–H groups in total. The molecule has 0 aliphatic heterocycles. The van der Waals surface area contributed by atoms with Crippen molar-refractivity contribution < 1.29 is 4.74 Å². The van der Waals surface area contributed by atoms with Gasteiger partial charge in [-0.3, -0.25) is 0 Å². The Hall–Kier alpha value is -1.84. The molecule has 0 bridgehead atoms. The Kier molecular flexibility index (Phi) is 6.63. The maximum absolute atomic E-state index is 7.07. The van der Waals surface area contributed by atoms with Gasteiger partial charge in [-0.05, 0) is 6.07 Å². The number of nitrogens with two attached hydrogens (primary N) is 1. The van der Waals surface area contributed by atoms with Crippen molar-refractivity contribution in [3.8, 4) is 5.88 Å². The third-order valence-electron chi connectivity index (χ3n) is 1.56. The minimum Gasteiger partial charge on any atom is -0.481 e. The number of pyridine rings is 1. The molecule has 1 aromatic heterocycles. The SMILES string of the molecule is CC.COc1cccc(/C(C=N)=C/N)n1. The predicted molar refractivity (Wildman–Crippen MR) is 63.1 cm³/mol. The molecule has 0 atom stereocenters. The smallest absolute Gasteiger partial charge is 0.213 e. The van der Waals surface area contributed by atoms with Gasteiger partial charge in [-0.15, -0.1) is 0 Å². The van der Waals surface area contributed by atoms with E-state index in [9.17, 15) is 0 Å². The van der Waals surface area contributed by atoms with Crippen LogP contribution in [0.1, 0.15) is 19.5 Å². The molecule has 15 heavy (non-hydrogen) atoms. The van der Waals surface area contributed by atoms with E-state index in [-0.39, 0.29) is 0 Å². The number of hydrogen-bond acceptors (Lipinski definition) is 4. The number of rotatable bonds is 3. The van der Waals surface area contributed by atoms with Gasteiger partial charge in [0.15, 0.2) is 0 Å². The number of ether oxygens (including phenoxy) is 1. The van der Waals surface area contributed by atoms with Crippen molar-refractivity contribution in [2.45, 2.75) is 13.8 Å². The zero-order valence-corrected chi connectivity index (χ0v) is 9.32. The van der Waals surface area contributed by atoms with E-state index >= 15 is 0 Å². The van der Waals surface area contributed by atoms with Crippen LogP contribution in [0.25, 0.3) is 5.57 Å². The Balaban J connectivity index is 0.000000921. The summed E-state index contributed by atoms with van der Waals surface area (Å²) < 4.78 is 4.94. The summed E-state index contributed by atoms with van der Waals surface area (Å²) in [5, 5.41) is 7.07. The van der Waals surface area contributed by atoms with E-state index in [2.05, 4.69) is 4.98 Å². The van der Waals surface area contributed by atoms with Crippen LogP contribution in [0.2, 0.25) is 0 Å². The van der Waals surface area contributed by atoms with Crippen LogP contribution in [-0.2, 0) is 0 Å². The lowest BCUT2D eigenvalue weighted by Gasteiger charge is -2.02. The molecule has 1 heterocycles. The van der Waals surface area contributed by atoms with Gasteiger partial charge in [0.25, 0.3) is 0 Å². The Labute approximate surface area is 90.3 Å². The second-order valence-electron chi connectivity index (χ2n) is 2.33. The molecule has 0 saturated carbocycles. The molecule has 0 unspecified atom stereocenters. The van der Waals surface area contributed by atoms with Gasteiger partial charge in [-0.2, -0.15) is 0 Å². The van der Waals surface area contributed by atoms with Gasteiger partial charge in [0.05, 0.1) is 12.8 Å². The van der Waals surface area contributed by atoms with Gasteiger partial charge in [-0.25, -0.2) is 4.98 Å². The predicted octanol–water partition coefficient (Wildman–Crippen LogP) is 2.07. The monoisotopic (exact) mass is 207 g/mol. The molecular formula is C11H17N3O. The summed E-state index contributed by atoms with van der Waals surface area (Å²) in [5.74, 6) is 0.513. The topological polar surface area (TPSA) is 72.0 Å². The van der Waals surface area contributed by atoms with E-state index in [4.69, 9.17) is 15.9 Å². The summed E-state index contributed by atoms with van der Waals surface area (Å²) in [6, 6.07) is 5.31. The van der Waals surface area contributed by atoms with Crippen LogP contribution in [0.4, 0.5) is 0 Å². The highest BCUT2D eigenvalue weighted by atomic mass is 16.5. The van der Waals surface area contributed by atoms with Crippen LogP contribution in [0.3, 0.4) is 0 Å². The van der Waals surface area contributed by atoms with Crippen LogP contribution in [0, 0.1) is 5.41 Å². The molecule has 0 aliphatic rings. The molecule has 0 aliphatic carbocycles. The van der Waals surface area contributed by atoms with E-state index in [0.717, 1.165) is 6.21 Å². The zero-order valence-electron chi connectivity index (χ0n) is 9.32. The number of allylic oxidation sites excluding steroid dienone is 1. The Morgan fingerprint density at radius 3 is 2.60 bits per heavy atom. The standard InChI is InChI=1S/C9H11N3O.C2H6/c1-13-9-4-2-3-8(12-9)7(5-10)6-11;1-2/h2-6,10H,11H2,1H3;1-2H3/b7-6+,10-5?;. The number of aromatic nitrogens is 1. The maximum Gasteiger partial charge on any atom is 0.213 e. The summed E-state index contributed by atoms with van der Waals surface area (Å²) in [4.78, 5) is 4.11. The van der Waals surface area contributed by atoms with Crippen molar-refractivity contribution >= 4 is 11.8 Å². The van der Waals surface area contributed by atoms with E-state index in [1.807, 2.05) is 13.8 Å². The van der Waals surface area contributed by atoms with Crippen molar-refractivity contribution in [1.82, 2.24) is 4.98 Å². The molecule has 82 valence electrons. The fraction of sp³-hybridized carbons (Fsp3) is 0.273. The van der Waals surface area contributed by atoms with Crippen LogP contribution in [0.15, 0.2) is 24.4 Å². The molecule has 0 amide bonds. The Bertz CT molecular complexity index is 334. The third kappa shape index (κ3) is 3.81. The number of nitrogens with zero attached hydrogens (tertiary/aromatic N) is 1. The highest BCUT2D eigenvalue weighted by Gasteiger charge is 2.00. The van der Waals surface area contributed by atoms with Gasteiger partial charge in [0, 0.05) is 24.1 Å². The lowest BCUT2D eigenvalue weighted by atomic mass is 10.2. The molecule has 4 nitrogen and oxygen atoms in total. The van der Waals surface area contributed by atoms with Gasteiger partial charge >= 0.3 is 0 Å². The fourth-order valence-corrected chi connectivity index (χ4v) is 0.897. The lowest BCUT2D eigenvalue weighted by Crippen LogP contribution is -1.95. The fourth-order valence-electron chi connectivity index (χ4n) is 0.897. The Morgan fingerprint density at radius 2 is 2.13 bits per heavy atom. The van der Waals surface area contributed by atoms with Crippen LogP contribution in [-0.4, -0.2) is 18.3 Å². The number of hydrogen-bond donors (Lipinski definition) is 2. The highest BCUT2D eigenvalue weighted by Crippen LogP contribution is 2.12. The van der Waals surface area contributed by atoms with Crippen LogP contribution >= 0.6 is 0 Å². The number of methoxy groups -OCH3 is 1. The van der Waals surface area contributed by atoms with Crippen molar-refractivity contribution in [2.75, 3.05) is 7.11 Å². The number of nitrogens with one attached hydrogen (secondary N) is 1. The average Bonchev–Trinajstić information content (AvgIpc) is 2.33. The average molecular weight is 207 g/mol. The maximum atomic E-state index is 7.07. The first-order valence-corrected chi connectivity index (χ1v) is 4.75. The minimum absolute atomic E-state index is 0.513. The van der Waals surface area contributed by atoms with Gasteiger partial charge in [-0.1, -0.05) is 19.9 Å². The van der Waals surface area contributed by atoms with Gasteiger partial charge in [0.2, 0.25) is 5.88 Å². The second-order valence-corrected chi connectivity index (χ2v) is 2.33. The zero-order chi connectivity index (χ0) is 11.7. The summed E-state index contributed by atoms with van der Waals surface area (Å²) in [6.45, 7) is 4.00. The first-order valence-electron chi connectivity index (χ1n) is 4.75. The first-order chi connectivity index (χ1) is 7.31. The Morgan fingerprint density at radius 1 is 1.47 bits per heavy atom. The van der Waals surface area contributed by atoms with Crippen LogP contribution in [0.5, 0.6) is 5.88 Å². The molecule has 0 fully saturated rings. The molecule has 0 radical (unpaired) electrons. The van der Waals surface area contributed by atoms with E-state index in [1.165, 1.54) is 6.20 Å². The first kappa shape index (κ1) is 13.2. The summed E-state index contributed by atoms with van der Waals surface area (Å²) in [7, 11) is 1.54. The van der Waals surface area contributed by atoms with Crippen molar-refractivity contribution in [3.63, 3.8) is 0 Å². The van der Waals surface area contributed by atoms with Crippen molar-refractivity contribution in [3.05, 3.63) is 30.1 Å². The summed E-state index contributed by atoms with van der Waals surface area (Å²) in [6.07, 6.45) is 2.50. The van der Waals surface area contributed by atoms with E-state index < -0.39 is 0 Å². The highest BCUT2D eigenvalue weighted by molar-refractivity contribution is 6.07. The minimum atomic E-state index is 0.513. The quantitative estimate of drug-likeness (QED) is 0.745. The van der Waals surface area contributed by atoms with E-state index in [1.54, 1.807) is 25.3 Å². The van der Waals surface area contributed by atoms with Gasteiger partial charge < -0.3 is 15.9 Å². The second kappa shape index (κ2) is 7.55. The molecule has 1 aromatic rings. The third-order valence-corrected chi connectivity index (χ3v) is 1.56. The molecule has 0 aromatic carbocycles. The summed E-state index contributed by atoms with van der Waals surface area (Å²) in [5.41, 5.74) is 6.52. The molecule has 4 heteroatoms. The van der Waals surface area contributed by atoms with Crippen molar-refractivity contribution in [2.24, 2.45) is 5.73 Å². The van der Waals surface area contributed by atoms with Crippen molar-refractivity contribution in [1.29, 1.82) is 5.41 Å². The normalized spacial score (nSPS) is 9.93. The van der Waals surface area contributed by atoms with Crippen LogP contribution < -0.4 is 10.5 Å². The van der Waals surface area contributed by atoms with Gasteiger partial charge in [0.1, 0.15) is 0 Å². The molecule has 1 rings (SSSR count).